The summed E-state index contributed by atoms with van der Waals surface area (Å²) in [7, 11) is 3.96. The van der Waals surface area contributed by atoms with Gasteiger partial charge in [-0.1, -0.05) is 48.2 Å². The monoisotopic (exact) mass is 382 g/mol. The summed E-state index contributed by atoms with van der Waals surface area (Å²) in [6.45, 7) is 1.50. The van der Waals surface area contributed by atoms with E-state index >= 15 is 0 Å². The first-order chi connectivity index (χ1) is 12.4. The highest BCUT2D eigenvalue weighted by atomic mass is 32.2. The van der Waals surface area contributed by atoms with Gasteiger partial charge in [-0.2, -0.15) is 0 Å². The lowest BCUT2D eigenvalue weighted by Crippen LogP contribution is -2.27. The van der Waals surface area contributed by atoms with Crippen molar-refractivity contribution in [2.24, 2.45) is 0 Å². The molecule has 1 aliphatic heterocycles. The van der Waals surface area contributed by atoms with Gasteiger partial charge in [0.1, 0.15) is 0 Å². The number of hydrogen-bond acceptors (Lipinski definition) is 5. The Labute approximate surface area is 162 Å². The number of thiocarbonyl (C=S) groups is 1. The molecule has 132 valence electrons. The molecule has 0 spiro atoms. The van der Waals surface area contributed by atoms with Gasteiger partial charge in [-0.15, -0.1) is 0 Å². The number of carbonyl (C=O) groups is 2. The molecule has 0 bridgehead atoms. The van der Waals surface area contributed by atoms with Crippen molar-refractivity contribution in [1.82, 2.24) is 0 Å². The third kappa shape index (κ3) is 3.71. The summed E-state index contributed by atoms with van der Waals surface area (Å²) in [5, 5.41) is 0. The maximum atomic E-state index is 12.8. The predicted octanol–water partition coefficient (Wildman–Crippen LogP) is 4.36. The molecule has 2 aromatic rings. The van der Waals surface area contributed by atoms with Crippen molar-refractivity contribution < 1.29 is 9.59 Å². The molecule has 0 atom stereocenters. The van der Waals surface area contributed by atoms with E-state index in [1.807, 2.05) is 49.3 Å². The minimum absolute atomic E-state index is 0.0474. The summed E-state index contributed by atoms with van der Waals surface area (Å²) in [5.74, 6) is -0.216. The molecule has 1 heterocycles. The number of carbonyl (C=O) groups excluding carboxylic acids is 2. The largest absolute Gasteiger partial charge is 0.378 e. The lowest BCUT2D eigenvalue weighted by atomic mass is 10.1. The summed E-state index contributed by atoms with van der Waals surface area (Å²) >= 11 is 6.66. The number of rotatable bonds is 4. The maximum Gasteiger partial charge on any atom is 0.270 e. The Morgan fingerprint density at radius 1 is 1.15 bits per heavy atom. The zero-order chi connectivity index (χ0) is 18.8. The average Bonchev–Trinajstić information content (AvgIpc) is 2.89. The number of ketones is 1. The van der Waals surface area contributed by atoms with Gasteiger partial charge in [0, 0.05) is 25.3 Å². The Morgan fingerprint density at radius 3 is 2.46 bits per heavy atom. The van der Waals surface area contributed by atoms with Crippen LogP contribution in [0, 0.1) is 0 Å². The number of Topliss-reactive ketones (excluding diaryl/α,β-unsaturated/α-hetero) is 1. The topological polar surface area (TPSA) is 40.6 Å². The van der Waals surface area contributed by atoms with E-state index < -0.39 is 0 Å². The Bertz CT molecular complexity index is 918. The molecule has 1 saturated heterocycles. The van der Waals surface area contributed by atoms with Crippen LogP contribution in [0.25, 0.3) is 6.08 Å². The lowest BCUT2D eigenvalue weighted by molar-refractivity contribution is -0.113. The van der Waals surface area contributed by atoms with Crippen LogP contribution in [0.1, 0.15) is 22.8 Å². The van der Waals surface area contributed by atoms with Crippen molar-refractivity contribution in [1.29, 1.82) is 0 Å². The first-order valence-electron chi connectivity index (χ1n) is 8.03. The Hall–Kier alpha value is -2.44. The zero-order valence-corrected chi connectivity index (χ0v) is 16.4. The maximum absolute atomic E-state index is 12.8. The molecule has 0 aromatic heterocycles. The van der Waals surface area contributed by atoms with Gasteiger partial charge < -0.3 is 4.90 Å². The van der Waals surface area contributed by atoms with Gasteiger partial charge in [0.05, 0.1) is 10.6 Å². The van der Waals surface area contributed by atoms with Crippen molar-refractivity contribution in [3.8, 4) is 0 Å². The van der Waals surface area contributed by atoms with Crippen LogP contribution in [0.3, 0.4) is 0 Å². The molecular weight excluding hydrogens is 364 g/mol. The molecule has 0 saturated carbocycles. The molecule has 0 aliphatic carbocycles. The highest BCUT2D eigenvalue weighted by Crippen LogP contribution is 2.36. The molecule has 26 heavy (non-hydrogen) atoms. The van der Waals surface area contributed by atoms with Crippen LogP contribution in [0.2, 0.25) is 0 Å². The van der Waals surface area contributed by atoms with Gasteiger partial charge in [-0.25, -0.2) is 0 Å². The fourth-order valence-corrected chi connectivity index (χ4v) is 3.87. The molecule has 2 aromatic carbocycles. The summed E-state index contributed by atoms with van der Waals surface area (Å²) in [4.78, 5) is 28.5. The molecule has 4 nitrogen and oxygen atoms in total. The fourth-order valence-electron chi connectivity index (χ4n) is 2.57. The van der Waals surface area contributed by atoms with Gasteiger partial charge in [0.2, 0.25) is 0 Å². The third-order valence-electron chi connectivity index (χ3n) is 4.01. The zero-order valence-electron chi connectivity index (χ0n) is 14.7. The summed E-state index contributed by atoms with van der Waals surface area (Å²) < 4.78 is 0.465. The van der Waals surface area contributed by atoms with E-state index in [1.54, 1.807) is 24.3 Å². The molecule has 0 N–H and O–H groups in total. The van der Waals surface area contributed by atoms with Crippen molar-refractivity contribution in [2.75, 3.05) is 23.9 Å². The average molecular weight is 383 g/mol. The lowest BCUT2D eigenvalue weighted by Gasteiger charge is -2.15. The number of amides is 1. The molecule has 0 unspecified atom stereocenters. The van der Waals surface area contributed by atoms with Crippen LogP contribution in [0.15, 0.2) is 53.4 Å². The Balaban J connectivity index is 1.89. The van der Waals surface area contributed by atoms with Gasteiger partial charge >= 0.3 is 0 Å². The fraction of sp³-hybridized carbons (Fsp3) is 0.150. The van der Waals surface area contributed by atoms with Gasteiger partial charge in [0.15, 0.2) is 10.1 Å². The SMILES string of the molecule is CC(=O)c1cccc(N2C(=O)C(=Cc3ccc(N(C)C)cc3)SC2=S)c1. The molecule has 1 aliphatic rings. The second-order valence-corrected chi connectivity index (χ2v) is 7.79. The molecular formula is C20H18N2O2S2. The molecule has 3 rings (SSSR count). The third-order valence-corrected chi connectivity index (χ3v) is 5.31. The number of nitrogens with zero attached hydrogens (tertiary/aromatic N) is 2. The van der Waals surface area contributed by atoms with Gasteiger partial charge in [-0.3, -0.25) is 14.5 Å². The van der Waals surface area contributed by atoms with Gasteiger partial charge in [-0.05, 0) is 42.8 Å². The molecule has 6 heteroatoms. The normalized spacial score (nSPS) is 15.7. The number of thioether (sulfide) groups is 1. The minimum Gasteiger partial charge on any atom is -0.378 e. The first kappa shape index (κ1) is 18.4. The second kappa shape index (κ2) is 7.43. The Kier molecular flexibility index (Phi) is 5.25. The minimum atomic E-state index is -0.169. The first-order valence-corrected chi connectivity index (χ1v) is 9.25. The highest BCUT2D eigenvalue weighted by Gasteiger charge is 2.33. The van der Waals surface area contributed by atoms with Crippen molar-refractivity contribution in [3.63, 3.8) is 0 Å². The van der Waals surface area contributed by atoms with Gasteiger partial charge in [0.25, 0.3) is 5.91 Å². The smallest absolute Gasteiger partial charge is 0.270 e. The van der Waals surface area contributed by atoms with Crippen LogP contribution in [0.4, 0.5) is 11.4 Å². The number of hydrogen-bond donors (Lipinski definition) is 0. The molecule has 1 fully saturated rings. The quantitative estimate of drug-likeness (QED) is 0.446. The summed E-state index contributed by atoms with van der Waals surface area (Å²) in [6.07, 6.45) is 1.84. The van der Waals surface area contributed by atoms with E-state index in [1.165, 1.54) is 23.6 Å². The number of anilines is 2. The highest BCUT2D eigenvalue weighted by molar-refractivity contribution is 8.27. The van der Waals surface area contributed by atoms with E-state index in [0.717, 1.165) is 11.3 Å². The van der Waals surface area contributed by atoms with E-state index in [-0.39, 0.29) is 11.7 Å². The summed E-state index contributed by atoms with van der Waals surface area (Å²) in [5.41, 5.74) is 3.20. The van der Waals surface area contributed by atoms with E-state index in [2.05, 4.69) is 0 Å². The van der Waals surface area contributed by atoms with E-state index in [4.69, 9.17) is 12.2 Å². The van der Waals surface area contributed by atoms with Crippen LogP contribution in [-0.4, -0.2) is 30.1 Å². The molecule has 0 radical (unpaired) electrons. The standard InChI is InChI=1S/C20H18N2O2S2/c1-13(23)15-5-4-6-17(12-15)22-19(24)18(26-20(22)25)11-14-7-9-16(10-8-14)21(2)3/h4-12H,1-3H3. The van der Waals surface area contributed by atoms with Crippen molar-refractivity contribution >= 4 is 57.4 Å². The number of benzene rings is 2. The second-order valence-electron chi connectivity index (χ2n) is 6.11. The van der Waals surface area contributed by atoms with Crippen LogP contribution < -0.4 is 9.80 Å². The van der Waals surface area contributed by atoms with Crippen molar-refractivity contribution in [3.05, 3.63) is 64.6 Å². The molecule has 1 amide bonds. The van der Waals surface area contributed by atoms with Crippen LogP contribution >= 0.6 is 24.0 Å². The van der Waals surface area contributed by atoms with Crippen LogP contribution in [-0.2, 0) is 4.79 Å². The van der Waals surface area contributed by atoms with Crippen molar-refractivity contribution in [2.45, 2.75) is 6.92 Å². The van der Waals surface area contributed by atoms with E-state index in [0.29, 0.717) is 20.5 Å². The van der Waals surface area contributed by atoms with E-state index in [9.17, 15) is 9.59 Å². The van der Waals surface area contributed by atoms with Crippen LogP contribution in [0.5, 0.6) is 0 Å². The Morgan fingerprint density at radius 2 is 1.85 bits per heavy atom. The summed E-state index contributed by atoms with van der Waals surface area (Å²) in [6, 6.07) is 14.9. The predicted molar refractivity (Wildman–Crippen MR) is 113 cm³/mol.